The summed E-state index contributed by atoms with van der Waals surface area (Å²) in [6.07, 6.45) is 0.879. The number of hydrogen-bond donors (Lipinski definition) is 0. The monoisotopic (exact) mass is 222 g/mol. The molecular formula is C8H15BrO2. The molecule has 0 aliphatic heterocycles. The zero-order valence-corrected chi connectivity index (χ0v) is 8.85. The fourth-order valence-electron chi connectivity index (χ4n) is 0.554. The first-order valence-electron chi connectivity index (χ1n) is 3.90. The van der Waals surface area contributed by atoms with Crippen molar-refractivity contribution < 1.29 is 9.53 Å². The minimum absolute atomic E-state index is 0.151. The third kappa shape index (κ3) is 4.40. The van der Waals surface area contributed by atoms with Gasteiger partial charge in [-0.05, 0) is 12.3 Å². The van der Waals surface area contributed by atoms with E-state index in [2.05, 4.69) is 15.9 Å². The van der Waals surface area contributed by atoms with E-state index in [4.69, 9.17) is 4.74 Å². The zero-order chi connectivity index (χ0) is 8.85. The standard InChI is InChI=1S/C8H15BrO2/c1-4-5-11-8(10)7(9)6(2)3/h6-7H,4-5H2,1-3H3. The molecule has 0 radical (unpaired) electrons. The lowest BCUT2D eigenvalue weighted by Crippen LogP contribution is -2.22. The summed E-state index contributed by atoms with van der Waals surface area (Å²) in [6.45, 7) is 6.46. The summed E-state index contributed by atoms with van der Waals surface area (Å²) in [5, 5.41) is 0. The molecule has 1 unspecified atom stereocenters. The lowest BCUT2D eigenvalue weighted by atomic mass is 10.1. The Morgan fingerprint density at radius 3 is 2.45 bits per heavy atom. The average Bonchev–Trinajstić information content (AvgIpc) is 1.98. The van der Waals surface area contributed by atoms with Gasteiger partial charge in [-0.25, -0.2) is 0 Å². The topological polar surface area (TPSA) is 26.3 Å². The molecule has 0 saturated carbocycles. The van der Waals surface area contributed by atoms with Crippen molar-refractivity contribution in [2.75, 3.05) is 6.61 Å². The van der Waals surface area contributed by atoms with Gasteiger partial charge in [-0.15, -0.1) is 0 Å². The number of ether oxygens (including phenoxy) is 1. The molecule has 0 aromatic carbocycles. The van der Waals surface area contributed by atoms with Gasteiger partial charge in [0.25, 0.3) is 0 Å². The number of carbonyl (C=O) groups is 1. The Morgan fingerprint density at radius 1 is 1.55 bits per heavy atom. The molecule has 0 aromatic rings. The first-order valence-corrected chi connectivity index (χ1v) is 4.81. The maximum absolute atomic E-state index is 11.1. The molecule has 0 amide bonds. The maximum atomic E-state index is 11.1. The first kappa shape index (κ1) is 11.0. The quantitative estimate of drug-likeness (QED) is 0.540. The van der Waals surface area contributed by atoms with Crippen LogP contribution in [0.4, 0.5) is 0 Å². The number of alkyl halides is 1. The molecule has 3 heteroatoms. The molecule has 0 aliphatic carbocycles. The van der Waals surface area contributed by atoms with Crippen molar-refractivity contribution in [2.24, 2.45) is 5.92 Å². The third-order valence-electron chi connectivity index (χ3n) is 1.26. The lowest BCUT2D eigenvalue weighted by Gasteiger charge is -2.11. The van der Waals surface area contributed by atoms with Crippen molar-refractivity contribution in [3.63, 3.8) is 0 Å². The zero-order valence-electron chi connectivity index (χ0n) is 7.26. The Hall–Kier alpha value is -0.0500. The van der Waals surface area contributed by atoms with E-state index in [1.807, 2.05) is 20.8 Å². The van der Waals surface area contributed by atoms with Gasteiger partial charge >= 0.3 is 5.97 Å². The highest BCUT2D eigenvalue weighted by atomic mass is 79.9. The van der Waals surface area contributed by atoms with E-state index in [9.17, 15) is 4.79 Å². The van der Waals surface area contributed by atoms with Crippen LogP contribution >= 0.6 is 15.9 Å². The number of esters is 1. The van der Waals surface area contributed by atoms with Crippen molar-refractivity contribution in [1.82, 2.24) is 0 Å². The minimum Gasteiger partial charge on any atom is -0.465 e. The predicted octanol–water partition coefficient (Wildman–Crippen LogP) is 2.36. The van der Waals surface area contributed by atoms with Crippen LogP contribution in [-0.2, 0) is 9.53 Å². The molecule has 0 aliphatic rings. The van der Waals surface area contributed by atoms with E-state index in [0.29, 0.717) is 12.5 Å². The van der Waals surface area contributed by atoms with Crippen LogP contribution in [-0.4, -0.2) is 17.4 Å². The summed E-state index contributed by atoms with van der Waals surface area (Å²) in [5.74, 6) is 0.140. The van der Waals surface area contributed by atoms with Crippen LogP contribution in [0.25, 0.3) is 0 Å². The Kier molecular flexibility index (Phi) is 5.56. The van der Waals surface area contributed by atoms with Gasteiger partial charge in [-0.1, -0.05) is 36.7 Å². The molecule has 2 nitrogen and oxygen atoms in total. The molecule has 0 bridgehead atoms. The minimum atomic E-state index is -0.158. The molecule has 0 rings (SSSR count). The Morgan fingerprint density at radius 2 is 2.09 bits per heavy atom. The molecule has 11 heavy (non-hydrogen) atoms. The maximum Gasteiger partial charge on any atom is 0.319 e. The second kappa shape index (κ2) is 5.58. The van der Waals surface area contributed by atoms with Gasteiger partial charge in [-0.3, -0.25) is 4.79 Å². The van der Waals surface area contributed by atoms with E-state index in [1.54, 1.807) is 0 Å². The fourth-order valence-corrected chi connectivity index (χ4v) is 0.687. The van der Waals surface area contributed by atoms with Crippen LogP contribution in [0.1, 0.15) is 27.2 Å². The van der Waals surface area contributed by atoms with E-state index in [1.165, 1.54) is 0 Å². The highest BCUT2D eigenvalue weighted by Gasteiger charge is 2.19. The van der Waals surface area contributed by atoms with Crippen LogP contribution in [0.3, 0.4) is 0 Å². The molecular weight excluding hydrogens is 208 g/mol. The first-order chi connectivity index (χ1) is 5.09. The van der Waals surface area contributed by atoms with Crippen LogP contribution in [0.15, 0.2) is 0 Å². The fraction of sp³-hybridized carbons (Fsp3) is 0.875. The average molecular weight is 223 g/mol. The van der Waals surface area contributed by atoms with Crippen LogP contribution in [0, 0.1) is 5.92 Å². The van der Waals surface area contributed by atoms with Crippen molar-refractivity contribution in [2.45, 2.75) is 32.0 Å². The Labute approximate surface area is 76.4 Å². The third-order valence-corrected chi connectivity index (χ3v) is 2.69. The lowest BCUT2D eigenvalue weighted by molar-refractivity contribution is -0.143. The molecule has 0 saturated heterocycles. The number of rotatable bonds is 4. The second-order valence-corrected chi connectivity index (χ2v) is 3.80. The highest BCUT2D eigenvalue weighted by molar-refractivity contribution is 9.10. The van der Waals surface area contributed by atoms with E-state index in [0.717, 1.165) is 6.42 Å². The van der Waals surface area contributed by atoms with Crippen LogP contribution in [0.5, 0.6) is 0 Å². The van der Waals surface area contributed by atoms with Gasteiger partial charge < -0.3 is 4.74 Å². The molecule has 0 spiro atoms. The van der Waals surface area contributed by atoms with Crippen molar-refractivity contribution in [3.05, 3.63) is 0 Å². The molecule has 1 atom stereocenters. The molecule has 66 valence electrons. The SMILES string of the molecule is CCCOC(=O)C(Br)C(C)C. The predicted molar refractivity (Wildman–Crippen MR) is 48.8 cm³/mol. The number of halogens is 1. The van der Waals surface area contributed by atoms with Gasteiger partial charge in [0, 0.05) is 0 Å². The second-order valence-electron chi connectivity index (χ2n) is 2.81. The number of carbonyl (C=O) groups excluding carboxylic acids is 1. The van der Waals surface area contributed by atoms with Gasteiger partial charge in [-0.2, -0.15) is 0 Å². The smallest absolute Gasteiger partial charge is 0.319 e. The van der Waals surface area contributed by atoms with E-state index < -0.39 is 0 Å². The summed E-state index contributed by atoms with van der Waals surface area (Å²) in [4.78, 5) is 10.9. The molecule has 0 aromatic heterocycles. The van der Waals surface area contributed by atoms with Crippen molar-refractivity contribution >= 4 is 21.9 Å². The highest BCUT2D eigenvalue weighted by Crippen LogP contribution is 2.13. The van der Waals surface area contributed by atoms with Crippen LogP contribution < -0.4 is 0 Å². The summed E-state index contributed by atoms with van der Waals surface area (Å²) >= 11 is 3.26. The summed E-state index contributed by atoms with van der Waals surface area (Å²) in [7, 11) is 0. The summed E-state index contributed by atoms with van der Waals surface area (Å²) < 4.78 is 4.93. The van der Waals surface area contributed by atoms with Gasteiger partial charge in [0.05, 0.1) is 6.61 Å². The number of hydrogen-bond acceptors (Lipinski definition) is 2. The van der Waals surface area contributed by atoms with E-state index >= 15 is 0 Å². The van der Waals surface area contributed by atoms with Crippen molar-refractivity contribution in [1.29, 1.82) is 0 Å². The van der Waals surface area contributed by atoms with Crippen molar-refractivity contribution in [3.8, 4) is 0 Å². The van der Waals surface area contributed by atoms with E-state index in [-0.39, 0.29) is 10.8 Å². The van der Waals surface area contributed by atoms with Crippen LogP contribution in [0.2, 0.25) is 0 Å². The molecule has 0 heterocycles. The normalized spacial score (nSPS) is 13.2. The largest absolute Gasteiger partial charge is 0.465 e. The summed E-state index contributed by atoms with van der Waals surface area (Å²) in [6, 6.07) is 0. The molecule has 0 fully saturated rings. The Bertz CT molecular complexity index is 123. The summed E-state index contributed by atoms with van der Waals surface area (Å²) in [5.41, 5.74) is 0. The van der Waals surface area contributed by atoms with Gasteiger partial charge in [0.2, 0.25) is 0 Å². The van der Waals surface area contributed by atoms with Gasteiger partial charge in [0.15, 0.2) is 0 Å². The molecule has 0 N–H and O–H groups in total. The van der Waals surface area contributed by atoms with Gasteiger partial charge in [0.1, 0.15) is 4.83 Å². The Balaban J connectivity index is 3.64.